The smallest absolute Gasteiger partial charge is 0.341 e. The Balaban J connectivity index is 1.41. The normalized spacial score (nSPS) is 15.6. The zero-order valence-electron chi connectivity index (χ0n) is 17.8. The van der Waals surface area contributed by atoms with Crippen LogP contribution in [0.3, 0.4) is 0 Å². The Labute approximate surface area is 187 Å². The summed E-state index contributed by atoms with van der Waals surface area (Å²) in [6.07, 6.45) is 6.90. The van der Waals surface area contributed by atoms with Crippen molar-refractivity contribution in [3.8, 4) is 5.75 Å². The zero-order valence-corrected chi connectivity index (χ0v) is 17.8. The maximum Gasteiger partial charge on any atom is 0.341 e. The Morgan fingerprint density at radius 3 is 2.75 bits per heavy atom. The summed E-state index contributed by atoms with van der Waals surface area (Å²) in [5, 5.41) is 13.4. The van der Waals surface area contributed by atoms with E-state index in [1.165, 1.54) is 5.56 Å². The first-order chi connectivity index (χ1) is 15.7. The predicted molar refractivity (Wildman–Crippen MR) is 122 cm³/mol. The quantitative estimate of drug-likeness (QED) is 0.404. The molecule has 3 aromatic rings. The minimum absolute atomic E-state index is 0.323. The maximum absolute atomic E-state index is 10.8. The van der Waals surface area contributed by atoms with Gasteiger partial charge in [-0.1, -0.05) is 53.7 Å². The highest BCUT2D eigenvalue weighted by Gasteiger charge is 2.22. The highest BCUT2D eigenvalue weighted by atomic mass is 16.6. The van der Waals surface area contributed by atoms with Crippen LogP contribution in [0.5, 0.6) is 5.75 Å². The molecule has 32 heavy (non-hydrogen) atoms. The molecule has 0 saturated heterocycles. The van der Waals surface area contributed by atoms with E-state index in [1.807, 2.05) is 60.8 Å². The summed E-state index contributed by atoms with van der Waals surface area (Å²) in [5.74, 6) is 0.0459. The van der Waals surface area contributed by atoms with Gasteiger partial charge < -0.3 is 14.7 Å². The number of carboxylic acid groups (broad SMARTS) is 1. The number of aromatic nitrogens is 1. The molecule has 0 spiro atoms. The standard InChI is InChI=1S/C26H26N2O4/c29-26(30)18-31-25-10-4-9-22-14-20(11-12-23(22)25)17-32-28-24(21-7-2-1-3-8-21)15-19-6-5-13-27-16-19/h1-10,13,16,20H,11-12,14-15,17-18H2,(H,29,30). The first kappa shape index (κ1) is 21.6. The van der Waals surface area contributed by atoms with Crippen LogP contribution in [0.4, 0.5) is 0 Å². The van der Waals surface area contributed by atoms with Crippen LogP contribution in [0.15, 0.2) is 78.2 Å². The minimum atomic E-state index is -0.969. The van der Waals surface area contributed by atoms with Crippen molar-refractivity contribution in [3.63, 3.8) is 0 Å². The van der Waals surface area contributed by atoms with Gasteiger partial charge in [0.05, 0.1) is 5.71 Å². The third-order valence-corrected chi connectivity index (χ3v) is 5.58. The number of pyridine rings is 1. The molecule has 2 aromatic carbocycles. The van der Waals surface area contributed by atoms with E-state index in [0.29, 0.717) is 24.7 Å². The monoisotopic (exact) mass is 430 g/mol. The Kier molecular flexibility index (Phi) is 7.12. The second-order valence-electron chi connectivity index (χ2n) is 7.92. The number of hydrogen-bond donors (Lipinski definition) is 1. The zero-order chi connectivity index (χ0) is 22.2. The van der Waals surface area contributed by atoms with E-state index < -0.39 is 5.97 Å². The number of oxime groups is 1. The molecule has 164 valence electrons. The summed E-state index contributed by atoms with van der Waals surface area (Å²) in [5.41, 5.74) is 5.29. The molecule has 1 unspecified atom stereocenters. The van der Waals surface area contributed by atoms with Crippen LogP contribution in [0.1, 0.15) is 28.7 Å². The summed E-state index contributed by atoms with van der Waals surface area (Å²) in [6.45, 7) is 0.208. The summed E-state index contributed by atoms with van der Waals surface area (Å²) in [7, 11) is 0. The van der Waals surface area contributed by atoms with E-state index in [-0.39, 0.29) is 6.61 Å². The average molecular weight is 431 g/mol. The van der Waals surface area contributed by atoms with Crippen LogP contribution in [0.25, 0.3) is 0 Å². The first-order valence-electron chi connectivity index (χ1n) is 10.8. The largest absolute Gasteiger partial charge is 0.482 e. The molecule has 6 nitrogen and oxygen atoms in total. The summed E-state index contributed by atoms with van der Waals surface area (Å²) < 4.78 is 5.46. The Morgan fingerprint density at radius 1 is 1.09 bits per heavy atom. The topological polar surface area (TPSA) is 81.0 Å². The molecule has 0 saturated carbocycles. The highest BCUT2D eigenvalue weighted by Crippen LogP contribution is 2.32. The molecular formula is C26H26N2O4. The first-order valence-corrected chi connectivity index (χ1v) is 10.8. The lowest BCUT2D eigenvalue weighted by atomic mass is 9.84. The van der Waals surface area contributed by atoms with E-state index in [0.717, 1.165) is 41.7 Å². The van der Waals surface area contributed by atoms with Gasteiger partial charge in [-0.15, -0.1) is 0 Å². The van der Waals surface area contributed by atoms with Crippen LogP contribution in [-0.2, 0) is 28.9 Å². The van der Waals surface area contributed by atoms with Crippen molar-refractivity contribution in [1.82, 2.24) is 4.98 Å². The molecule has 1 atom stereocenters. The van der Waals surface area contributed by atoms with Gasteiger partial charge in [-0.2, -0.15) is 0 Å². The van der Waals surface area contributed by atoms with Gasteiger partial charge in [0, 0.05) is 24.7 Å². The van der Waals surface area contributed by atoms with Gasteiger partial charge in [0.15, 0.2) is 6.61 Å². The lowest BCUT2D eigenvalue weighted by Gasteiger charge is -2.25. The third-order valence-electron chi connectivity index (χ3n) is 5.58. The fourth-order valence-electron chi connectivity index (χ4n) is 4.00. The molecule has 1 aliphatic rings. The van der Waals surface area contributed by atoms with Gasteiger partial charge in [0.1, 0.15) is 12.4 Å². The van der Waals surface area contributed by atoms with Gasteiger partial charge in [-0.05, 0) is 53.6 Å². The van der Waals surface area contributed by atoms with Gasteiger partial charge >= 0.3 is 5.97 Å². The summed E-state index contributed by atoms with van der Waals surface area (Å²) in [6, 6.07) is 19.8. The van der Waals surface area contributed by atoms with Crippen molar-refractivity contribution in [2.45, 2.75) is 25.7 Å². The molecule has 0 amide bonds. The van der Waals surface area contributed by atoms with Crippen molar-refractivity contribution in [1.29, 1.82) is 0 Å². The number of rotatable bonds is 9. The number of carbonyl (C=O) groups is 1. The second kappa shape index (κ2) is 10.6. The maximum atomic E-state index is 10.8. The van der Waals surface area contributed by atoms with Crippen LogP contribution in [-0.4, -0.2) is 35.0 Å². The second-order valence-corrected chi connectivity index (χ2v) is 7.92. The van der Waals surface area contributed by atoms with Gasteiger partial charge in [0.2, 0.25) is 0 Å². The fourth-order valence-corrected chi connectivity index (χ4v) is 4.00. The van der Waals surface area contributed by atoms with Crippen molar-refractivity contribution in [3.05, 3.63) is 95.3 Å². The lowest BCUT2D eigenvalue weighted by molar-refractivity contribution is -0.139. The summed E-state index contributed by atoms with van der Waals surface area (Å²) >= 11 is 0. The van der Waals surface area contributed by atoms with E-state index in [4.69, 9.17) is 14.7 Å². The van der Waals surface area contributed by atoms with Gasteiger partial charge in [-0.3, -0.25) is 4.98 Å². The van der Waals surface area contributed by atoms with Crippen molar-refractivity contribution >= 4 is 11.7 Å². The van der Waals surface area contributed by atoms with Crippen molar-refractivity contribution < 1.29 is 19.5 Å². The minimum Gasteiger partial charge on any atom is -0.482 e. The van der Waals surface area contributed by atoms with Crippen molar-refractivity contribution in [2.24, 2.45) is 11.1 Å². The number of nitrogens with zero attached hydrogens (tertiary/aromatic N) is 2. The third kappa shape index (κ3) is 5.72. The molecule has 1 aromatic heterocycles. The Hall–Kier alpha value is -3.67. The Bertz CT molecular complexity index is 1070. The van der Waals surface area contributed by atoms with E-state index in [1.54, 1.807) is 6.20 Å². The van der Waals surface area contributed by atoms with Gasteiger partial charge in [-0.25, -0.2) is 4.79 Å². The molecule has 4 rings (SSSR count). The lowest BCUT2D eigenvalue weighted by Crippen LogP contribution is -2.20. The van der Waals surface area contributed by atoms with Gasteiger partial charge in [0.25, 0.3) is 0 Å². The molecule has 1 N–H and O–H groups in total. The average Bonchev–Trinajstić information content (AvgIpc) is 2.83. The summed E-state index contributed by atoms with van der Waals surface area (Å²) in [4.78, 5) is 20.9. The van der Waals surface area contributed by atoms with E-state index in [9.17, 15) is 4.79 Å². The molecule has 0 bridgehead atoms. The number of ether oxygens (including phenoxy) is 1. The molecule has 0 fully saturated rings. The molecular weight excluding hydrogens is 404 g/mol. The van der Waals surface area contributed by atoms with E-state index in [2.05, 4.69) is 16.2 Å². The fraction of sp³-hybridized carbons (Fsp3) is 0.269. The van der Waals surface area contributed by atoms with Crippen molar-refractivity contribution in [2.75, 3.05) is 13.2 Å². The van der Waals surface area contributed by atoms with Crippen LogP contribution in [0.2, 0.25) is 0 Å². The van der Waals surface area contributed by atoms with Crippen LogP contribution in [0, 0.1) is 5.92 Å². The predicted octanol–water partition coefficient (Wildman–Crippen LogP) is 4.31. The number of fused-ring (bicyclic) bond motifs is 1. The molecule has 1 aliphatic carbocycles. The molecule has 0 radical (unpaired) electrons. The number of benzene rings is 2. The number of hydrogen-bond acceptors (Lipinski definition) is 5. The highest BCUT2D eigenvalue weighted by molar-refractivity contribution is 6.01. The molecule has 6 heteroatoms. The molecule has 1 heterocycles. The number of carboxylic acids is 1. The number of aliphatic carboxylic acids is 1. The Morgan fingerprint density at radius 2 is 1.97 bits per heavy atom. The molecule has 0 aliphatic heterocycles. The SMILES string of the molecule is O=C(O)COc1cccc2c1CCC(CON=C(Cc1cccnc1)c1ccccc1)C2. The van der Waals surface area contributed by atoms with E-state index >= 15 is 0 Å². The van der Waals surface area contributed by atoms with Crippen LogP contribution >= 0.6 is 0 Å². The van der Waals surface area contributed by atoms with Crippen LogP contribution < -0.4 is 4.74 Å².